The van der Waals surface area contributed by atoms with Crippen molar-refractivity contribution < 1.29 is 9.47 Å². The van der Waals surface area contributed by atoms with Gasteiger partial charge in [-0.25, -0.2) is 0 Å². The van der Waals surface area contributed by atoms with Crippen LogP contribution in [0.4, 0.5) is 0 Å². The van der Waals surface area contributed by atoms with Crippen LogP contribution in [-0.4, -0.2) is 13.2 Å². The molecule has 2 heteroatoms. The molecule has 3 rings (SSSR count). The third kappa shape index (κ3) is 3.07. The molecule has 0 saturated carbocycles. The molecule has 2 aromatic rings. The lowest BCUT2D eigenvalue weighted by Gasteiger charge is -2.22. The molecule has 0 aromatic heterocycles. The predicted octanol–water partition coefficient (Wildman–Crippen LogP) is 4.47. The minimum absolute atomic E-state index is 0.588. The van der Waals surface area contributed by atoms with Crippen LogP contribution < -0.4 is 0 Å². The second-order valence-electron chi connectivity index (χ2n) is 5.46. The maximum absolute atomic E-state index is 5.69. The van der Waals surface area contributed by atoms with E-state index in [2.05, 4.69) is 61.5 Å². The first-order valence-electron chi connectivity index (χ1n) is 7.29. The Labute approximate surface area is 126 Å². The van der Waals surface area contributed by atoms with Gasteiger partial charge in [-0.05, 0) is 30.5 Å². The minimum atomic E-state index is -0.588. The second kappa shape index (κ2) is 5.84. The van der Waals surface area contributed by atoms with E-state index in [-0.39, 0.29) is 0 Å². The summed E-state index contributed by atoms with van der Waals surface area (Å²) >= 11 is 0. The number of allylic oxidation sites excluding steroid dienone is 1. The van der Waals surface area contributed by atoms with Gasteiger partial charge in [0.1, 0.15) is 0 Å². The zero-order valence-corrected chi connectivity index (χ0v) is 12.5. The van der Waals surface area contributed by atoms with E-state index in [1.807, 2.05) is 13.0 Å². The maximum atomic E-state index is 5.69. The lowest BCUT2D eigenvalue weighted by atomic mass is 10.00. The van der Waals surface area contributed by atoms with E-state index in [9.17, 15) is 0 Å². The van der Waals surface area contributed by atoms with Gasteiger partial charge in [-0.1, -0.05) is 60.7 Å². The molecule has 2 nitrogen and oxygen atoms in total. The number of rotatable bonds is 3. The first-order chi connectivity index (χ1) is 10.2. The number of benzene rings is 2. The summed E-state index contributed by atoms with van der Waals surface area (Å²) in [6, 6.07) is 18.8. The first-order valence-corrected chi connectivity index (χ1v) is 7.29. The molecule has 0 spiro atoms. The molecule has 1 saturated heterocycles. The number of hydrogen-bond acceptors (Lipinski definition) is 2. The van der Waals surface area contributed by atoms with Gasteiger partial charge < -0.3 is 9.47 Å². The van der Waals surface area contributed by atoms with Gasteiger partial charge in [0.05, 0.1) is 13.2 Å². The molecule has 1 aliphatic heterocycles. The van der Waals surface area contributed by atoms with E-state index >= 15 is 0 Å². The van der Waals surface area contributed by atoms with Gasteiger partial charge in [-0.15, -0.1) is 0 Å². The Bertz CT molecular complexity index is 620. The first kappa shape index (κ1) is 14.1. The van der Waals surface area contributed by atoms with Crippen LogP contribution in [0.15, 0.2) is 54.6 Å². The van der Waals surface area contributed by atoms with Crippen LogP contribution in [0.3, 0.4) is 0 Å². The summed E-state index contributed by atoms with van der Waals surface area (Å²) in [6.07, 6.45) is 2.19. The molecule has 2 aromatic carbocycles. The molecule has 0 radical (unpaired) electrons. The topological polar surface area (TPSA) is 18.5 Å². The summed E-state index contributed by atoms with van der Waals surface area (Å²) in [5, 5.41) is 0. The maximum Gasteiger partial charge on any atom is 0.192 e. The average Bonchev–Trinajstić information content (AvgIpc) is 2.96. The summed E-state index contributed by atoms with van der Waals surface area (Å²) < 4.78 is 11.4. The lowest BCUT2D eigenvalue weighted by Crippen LogP contribution is -2.22. The molecule has 1 fully saturated rings. The van der Waals surface area contributed by atoms with Gasteiger partial charge >= 0.3 is 0 Å². The molecular formula is C19H20O2. The molecular weight excluding hydrogens is 260 g/mol. The molecule has 0 bridgehead atoms. The van der Waals surface area contributed by atoms with Crippen LogP contribution in [0.5, 0.6) is 0 Å². The van der Waals surface area contributed by atoms with Gasteiger partial charge in [0.15, 0.2) is 5.79 Å². The fraction of sp³-hybridized carbons (Fsp3) is 0.263. The molecule has 1 heterocycles. The van der Waals surface area contributed by atoms with Crippen molar-refractivity contribution in [1.82, 2.24) is 0 Å². The van der Waals surface area contributed by atoms with Gasteiger partial charge in [-0.2, -0.15) is 0 Å². The van der Waals surface area contributed by atoms with E-state index in [0.29, 0.717) is 13.2 Å². The van der Waals surface area contributed by atoms with E-state index in [1.165, 1.54) is 16.7 Å². The quantitative estimate of drug-likeness (QED) is 0.772. The summed E-state index contributed by atoms with van der Waals surface area (Å²) in [5.74, 6) is -0.588. The molecule has 1 aliphatic rings. The fourth-order valence-electron chi connectivity index (χ4n) is 2.60. The predicted molar refractivity (Wildman–Crippen MR) is 85.7 cm³/mol. The monoisotopic (exact) mass is 280 g/mol. The van der Waals surface area contributed by atoms with E-state index < -0.39 is 5.79 Å². The Kier molecular flexibility index (Phi) is 3.91. The van der Waals surface area contributed by atoms with Gasteiger partial charge in [-0.3, -0.25) is 0 Å². The van der Waals surface area contributed by atoms with Crippen LogP contribution in [0, 0.1) is 0 Å². The number of ether oxygens (including phenoxy) is 2. The normalized spacial score (nSPS) is 17.9. The van der Waals surface area contributed by atoms with Crippen molar-refractivity contribution in [2.75, 3.05) is 13.2 Å². The zero-order chi connectivity index (χ0) is 14.7. The standard InChI is InChI=1S/C19H20O2/c1-15(14-16-6-4-3-5-7-16)17-8-10-18(11-9-17)19(2)20-12-13-21-19/h3-11,14H,12-13H2,1-2H3/b15-14+. The van der Waals surface area contributed by atoms with Gasteiger partial charge in [0.2, 0.25) is 0 Å². The second-order valence-corrected chi connectivity index (χ2v) is 5.46. The third-order valence-electron chi connectivity index (χ3n) is 3.89. The van der Waals surface area contributed by atoms with Crippen molar-refractivity contribution in [2.24, 2.45) is 0 Å². The summed E-state index contributed by atoms with van der Waals surface area (Å²) in [6.45, 7) is 5.42. The largest absolute Gasteiger partial charge is 0.344 e. The molecule has 0 N–H and O–H groups in total. The lowest BCUT2D eigenvalue weighted by molar-refractivity contribution is -0.149. The van der Waals surface area contributed by atoms with Crippen molar-refractivity contribution >= 4 is 11.6 Å². The Balaban J connectivity index is 1.82. The summed E-state index contributed by atoms with van der Waals surface area (Å²) in [4.78, 5) is 0. The van der Waals surface area contributed by atoms with E-state index in [1.54, 1.807) is 0 Å². The van der Waals surface area contributed by atoms with E-state index in [0.717, 1.165) is 5.56 Å². The molecule has 0 atom stereocenters. The summed E-state index contributed by atoms with van der Waals surface area (Å²) in [7, 11) is 0. The van der Waals surface area contributed by atoms with Crippen LogP contribution in [0.2, 0.25) is 0 Å². The molecule has 108 valence electrons. The smallest absolute Gasteiger partial charge is 0.192 e. The Morgan fingerprint density at radius 3 is 2.19 bits per heavy atom. The van der Waals surface area contributed by atoms with Crippen molar-refractivity contribution in [1.29, 1.82) is 0 Å². The highest BCUT2D eigenvalue weighted by molar-refractivity contribution is 5.80. The Morgan fingerprint density at radius 2 is 1.57 bits per heavy atom. The third-order valence-corrected chi connectivity index (χ3v) is 3.89. The average molecular weight is 280 g/mol. The van der Waals surface area contributed by atoms with E-state index in [4.69, 9.17) is 9.47 Å². The minimum Gasteiger partial charge on any atom is -0.344 e. The SMILES string of the molecule is C/C(=C\c1ccccc1)c1ccc(C2(C)OCCO2)cc1. The highest BCUT2D eigenvalue weighted by atomic mass is 16.7. The fourth-order valence-corrected chi connectivity index (χ4v) is 2.60. The Morgan fingerprint density at radius 1 is 0.952 bits per heavy atom. The molecule has 0 aliphatic carbocycles. The van der Waals surface area contributed by atoms with Crippen molar-refractivity contribution in [2.45, 2.75) is 19.6 Å². The van der Waals surface area contributed by atoms with Gasteiger partial charge in [0, 0.05) is 5.56 Å². The van der Waals surface area contributed by atoms with Crippen LogP contribution in [-0.2, 0) is 15.3 Å². The molecule has 21 heavy (non-hydrogen) atoms. The zero-order valence-electron chi connectivity index (χ0n) is 12.5. The van der Waals surface area contributed by atoms with Crippen LogP contribution >= 0.6 is 0 Å². The van der Waals surface area contributed by atoms with Crippen LogP contribution in [0.25, 0.3) is 11.6 Å². The van der Waals surface area contributed by atoms with Crippen molar-refractivity contribution in [3.8, 4) is 0 Å². The van der Waals surface area contributed by atoms with Crippen molar-refractivity contribution in [3.05, 3.63) is 71.3 Å². The molecule has 0 unspecified atom stereocenters. The van der Waals surface area contributed by atoms with Gasteiger partial charge in [0.25, 0.3) is 0 Å². The molecule has 0 amide bonds. The van der Waals surface area contributed by atoms with Crippen molar-refractivity contribution in [3.63, 3.8) is 0 Å². The summed E-state index contributed by atoms with van der Waals surface area (Å²) in [5.41, 5.74) is 4.74. The highest BCUT2D eigenvalue weighted by Crippen LogP contribution is 2.31. The van der Waals surface area contributed by atoms with Crippen LogP contribution in [0.1, 0.15) is 30.5 Å². The highest BCUT2D eigenvalue weighted by Gasteiger charge is 2.32. The Hall–Kier alpha value is -1.90. The number of hydrogen-bond donors (Lipinski definition) is 0.